The summed E-state index contributed by atoms with van der Waals surface area (Å²) in [5, 5.41) is 3.95. The van der Waals surface area contributed by atoms with Crippen molar-refractivity contribution < 1.29 is 4.79 Å². The largest absolute Gasteiger partial charge is 0.313 e. The van der Waals surface area contributed by atoms with E-state index in [1.54, 1.807) is 0 Å². The molecule has 0 saturated heterocycles. The Bertz CT molecular complexity index is 620. The molecule has 4 aliphatic rings. The van der Waals surface area contributed by atoms with E-state index in [1.807, 2.05) is 12.2 Å². The Hall–Kier alpha value is -0.890. The molecule has 0 amide bonds. The second-order valence-corrected chi connectivity index (χ2v) is 9.94. The molecule has 0 aromatic heterocycles. The Labute approximate surface area is 159 Å². The summed E-state index contributed by atoms with van der Waals surface area (Å²) in [4.78, 5) is 11.9. The van der Waals surface area contributed by atoms with E-state index < -0.39 is 0 Å². The molecule has 0 bridgehead atoms. The van der Waals surface area contributed by atoms with Crippen LogP contribution in [0, 0.1) is 28.6 Å². The lowest BCUT2D eigenvalue weighted by Gasteiger charge is -2.57. The van der Waals surface area contributed by atoms with E-state index >= 15 is 0 Å². The van der Waals surface area contributed by atoms with E-state index in [2.05, 4.69) is 32.2 Å². The van der Waals surface area contributed by atoms with Gasteiger partial charge >= 0.3 is 0 Å². The number of hydrogen-bond acceptors (Lipinski definition) is 2. The van der Waals surface area contributed by atoms with Crippen molar-refractivity contribution in [2.75, 3.05) is 6.54 Å². The van der Waals surface area contributed by atoms with Crippen molar-refractivity contribution in [3.8, 4) is 0 Å². The molecule has 2 nitrogen and oxygen atoms in total. The molecule has 0 aromatic carbocycles. The highest BCUT2D eigenvalue weighted by molar-refractivity contribution is 6.01. The molecule has 144 valence electrons. The summed E-state index contributed by atoms with van der Waals surface area (Å²) in [5.41, 5.74) is 2.05. The summed E-state index contributed by atoms with van der Waals surface area (Å²) in [5.74, 6) is 2.66. The van der Waals surface area contributed by atoms with Gasteiger partial charge in [-0.05, 0) is 86.8 Å². The summed E-state index contributed by atoms with van der Waals surface area (Å²) < 4.78 is 0. The Morgan fingerprint density at radius 2 is 1.96 bits per heavy atom. The van der Waals surface area contributed by atoms with E-state index in [0.717, 1.165) is 30.2 Å². The van der Waals surface area contributed by atoms with Gasteiger partial charge in [0, 0.05) is 11.5 Å². The van der Waals surface area contributed by atoms with Crippen LogP contribution in [0.1, 0.15) is 78.6 Å². The van der Waals surface area contributed by atoms with Crippen molar-refractivity contribution >= 4 is 5.78 Å². The summed E-state index contributed by atoms with van der Waals surface area (Å²) >= 11 is 0. The summed E-state index contributed by atoms with van der Waals surface area (Å²) in [7, 11) is 0. The molecule has 1 unspecified atom stereocenters. The third-order valence-electron chi connectivity index (χ3n) is 8.73. The lowest BCUT2D eigenvalue weighted by atomic mass is 9.48. The normalized spacial score (nSPS) is 44.3. The monoisotopic (exact) mass is 355 g/mol. The molecule has 2 heteroatoms. The van der Waals surface area contributed by atoms with Crippen LogP contribution in [-0.2, 0) is 4.79 Å². The van der Waals surface area contributed by atoms with Gasteiger partial charge < -0.3 is 5.32 Å². The van der Waals surface area contributed by atoms with Crippen molar-refractivity contribution in [2.24, 2.45) is 28.6 Å². The third kappa shape index (κ3) is 2.84. The Morgan fingerprint density at radius 1 is 1.12 bits per heavy atom. The van der Waals surface area contributed by atoms with Crippen molar-refractivity contribution in [1.82, 2.24) is 5.32 Å². The fraction of sp³-hybridized carbons (Fsp3) is 0.792. The molecule has 0 spiro atoms. The first kappa shape index (κ1) is 18.5. The number of fused-ring (bicyclic) bond motifs is 5. The second-order valence-electron chi connectivity index (χ2n) is 9.94. The fourth-order valence-corrected chi connectivity index (χ4v) is 7.18. The minimum Gasteiger partial charge on any atom is -0.313 e. The van der Waals surface area contributed by atoms with Crippen molar-refractivity contribution in [3.63, 3.8) is 0 Å². The minimum atomic E-state index is 0.144. The van der Waals surface area contributed by atoms with Crippen LogP contribution in [0.4, 0.5) is 0 Å². The van der Waals surface area contributed by atoms with Gasteiger partial charge in [-0.25, -0.2) is 0 Å². The zero-order valence-electron chi connectivity index (χ0n) is 17.0. The van der Waals surface area contributed by atoms with Crippen molar-refractivity contribution in [1.29, 1.82) is 0 Å². The first-order valence-corrected chi connectivity index (χ1v) is 11.2. The zero-order chi connectivity index (χ0) is 18.4. The Kier molecular flexibility index (Phi) is 4.92. The number of hydrogen-bond donors (Lipinski definition) is 1. The molecule has 0 radical (unpaired) electrons. The molecule has 4 aliphatic carbocycles. The molecule has 0 heterocycles. The van der Waals surface area contributed by atoms with Crippen LogP contribution in [0.2, 0.25) is 0 Å². The van der Waals surface area contributed by atoms with Gasteiger partial charge in [-0.3, -0.25) is 4.79 Å². The maximum atomic E-state index is 11.9. The summed E-state index contributed by atoms with van der Waals surface area (Å²) in [6.07, 6.45) is 17.9. The third-order valence-corrected chi connectivity index (χ3v) is 8.73. The molecule has 0 aliphatic heterocycles. The van der Waals surface area contributed by atoms with Gasteiger partial charge in [0.05, 0.1) is 0 Å². The summed E-state index contributed by atoms with van der Waals surface area (Å²) in [6.45, 7) is 8.49. The van der Waals surface area contributed by atoms with E-state index in [4.69, 9.17) is 0 Å². The number of carbonyl (C=O) groups excluding carboxylic acids is 1. The predicted octanol–water partition coefficient (Wildman–Crippen LogP) is 5.44. The van der Waals surface area contributed by atoms with Crippen LogP contribution in [0.3, 0.4) is 0 Å². The van der Waals surface area contributed by atoms with Crippen molar-refractivity contribution in [2.45, 2.75) is 84.6 Å². The summed E-state index contributed by atoms with van der Waals surface area (Å²) in [6, 6.07) is 0.721. The average molecular weight is 356 g/mol. The number of unbranched alkanes of at least 4 members (excludes halogenated alkanes) is 2. The lowest BCUT2D eigenvalue weighted by Crippen LogP contribution is -2.52. The maximum Gasteiger partial charge on any atom is 0.178 e. The van der Waals surface area contributed by atoms with Gasteiger partial charge in [0.25, 0.3) is 0 Å². The number of nitrogens with one attached hydrogen (secondary N) is 1. The molecule has 3 saturated carbocycles. The maximum absolute atomic E-state index is 11.9. The minimum absolute atomic E-state index is 0.144. The van der Waals surface area contributed by atoms with Crippen molar-refractivity contribution in [3.05, 3.63) is 23.8 Å². The first-order valence-electron chi connectivity index (χ1n) is 11.2. The topological polar surface area (TPSA) is 29.1 Å². The quantitative estimate of drug-likeness (QED) is 0.665. The van der Waals surface area contributed by atoms with E-state index in [1.165, 1.54) is 63.5 Å². The first-order chi connectivity index (χ1) is 12.5. The van der Waals surface area contributed by atoms with Crippen LogP contribution in [0.25, 0.3) is 0 Å². The molecule has 26 heavy (non-hydrogen) atoms. The van der Waals surface area contributed by atoms with Gasteiger partial charge in [-0.1, -0.05) is 45.3 Å². The molecule has 6 atom stereocenters. The number of ketones is 1. The molecular formula is C24H37NO. The predicted molar refractivity (Wildman–Crippen MR) is 108 cm³/mol. The van der Waals surface area contributed by atoms with Gasteiger partial charge in [0.2, 0.25) is 0 Å². The SMILES string of the molecule is CCCCCNC1CC[C@H]2[C@@H]3CCC4=CC(=O)C=C[C@]4(C)[C@@H]3CC[C@]12C. The van der Waals surface area contributed by atoms with Gasteiger partial charge in [-0.2, -0.15) is 0 Å². The average Bonchev–Trinajstić information content (AvgIpc) is 2.96. The molecule has 1 N–H and O–H groups in total. The second kappa shape index (κ2) is 6.93. The van der Waals surface area contributed by atoms with Crippen LogP contribution in [-0.4, -0.2) is 18.4 Å². The molecule has 0 aromatic rings. The number of allylic oxidation sites excluding steroid dienone is 4. The van der Waals surface area contributed by atoms with Crippen LogP contribution in [0.5, 0.6) is 0 Å². The van der Waals surface area contributed by atoms with E-state index in [-0.39, 0.29) is 11.2 Å². The highest BCUT2D eigenvalue weighted by atomic mass is 16.1. The van der Waals surface area contributed by atoms with Gasteiger partial charge in [0.15, 0.2) is 5.78 Å². The highest BCUT2D eigenvalue weighted by Crippen LogP contribution is 2.64. The lowest BCUT2D eigenvalue weighted by molar-refractivity contribution is -0.111. The smallest absolute Gasteiger partial charge is 0.178 e. The van der Waals surface area contributed by atoms with Crippen LogP contribution < -0.4 is 5.32 Å². The molecule has 4 rings (SSSR count). The standard InChI is InChI=1S/C24H37NO/c1-4-5-6-15-25-22-10-9-20-19-8-7-17-16-18(26)11-13-23(17,2)21(19)12-14-24(20,22)3/h11,13,16,19-22,25H,4-10,12,14-15H2,1-3H3/t19-,20-,21+,22?,23-,24-/m0/s1. The number of rotatable bonds is 5. The highest BCUT2D eigenvalue weighted by Gasteiger charge is 2.58. The Balaban J connectivity index is 1.50. The Morgan fingerprint density at radius 3 is 2.77 bits per heavy atom. The van der Waals surface area contributed by atoms with E-state index in [9.17, 15) is 4.79 Å². The van der Waals surface area contributed by atoms with Gasteiger partial charge in [0.1, 0.15) is 0 Å². The zero-order valence-corrected chi connectivity index (χ0v) is 17.0. The van der Waals surface area contributed by atoms with Crippen LogP contribution >= 0.6 is 0 Å². The van der Waals surface area contributed by atoms with E-state index in [0.29, 0.717) is 5.41 Å². The fourth-order valence-electron chi connectivity index (χ4n) is 7.18. The van der Waals surface area contributed by atoms with Crippen LogP contribution in [0.15, 0.2) is 23.8 Å². The number of carbonyl (C=O) groups is 1. The molecular weight excluding hydrogens is 318 g/mol. The van der Waals surface area contributed by atoms with Gasteiger partial charge in [-0.15, -0.1) is 0 Å². The molecule has 3 fully saturated rings.